The van der Waals surface area contributed by atoms with Crippen molar-refractivity contribution in [3.8, 4) is 11.5 Å². The van der Waals surface area contributed by atoms with E-state index in [1.807, 2.05) is 24.3 Å². The van der Waals surface area contributed by atoms with Crippen molar-refractivity contribution in [2.75, 3.05) is 6.16 Å². The van der Waals surface area contributed by atoms with Crippen molar-refractivity contribution in [1.29, 1.82) is 0 Å². The Morgan fingerprint density at radius 3 is 1.27 bits per heavy atom. The Morgan fingerprint density at radius 1 is 0.512 bits per heavy atom. The van der Waals surface area contributed by atoms with Crippen LogP contribution in [0.1, 0.15) is 6.42 Å². The Hall–Kier alpha value is -2.35. The van der Waals surface area contributed by atoms with Gasteiger partial charge in [-0.05, 0) is 0 Å². The van der Waals surface area contributed by atoms with Crippen LogP contribution in [-0.4, -0.2) is 22.4 Å². The molecule has 5 aromatic carbocycles. The normalized spacial score (nSPS) is 12.4. The maximum absolute atomic E-state index is 10.1. The maximum atomic E-state index is 10.1. The summed E-state index contributed by atoms with van der Waals surface area (Å²) >= 11 is 19.0. The second-order valence-corrected chi connectivity index (χ2v) is 25.6. The summed E-state index contributed by atoms with van der Waals surface area (Å²) in [4.78, 5) is 0. The fourth-order valence-electron chi connectivity index (χ4n) is 5.48. The zero-order valence-corrected chi connectivity index (χ0v) is 27.5. The van der Waals surface area contributed by atoms with E-state index >= 15 is 0 Å². The van der Waals surface area contributed by atoms with Crippen molar-refractivity contribution in [2.24, 2.45) is 0 Å². The summed E-state index contributed by atoms with van der Waals surface area (Å²) in [7, 11) is -3.39. The van der Waals surface area contributed by atoms with E-state index in [4.69, 9.17) is 33.2 Å². The fraction of sp³-hybridized carbons (Fsp3) is 0.0909. The molecule has 0 spiro atoms. The van der Waals surface area contributed by atoms with Gasteiger partial charge in [0.1, 0.15) is 0 Å². The third-order valence-corrected chi connectivity index (χ3v) is 17.5. The van der Waals surface area contributed by atoms with E-state index in [-0.39, 0.29) is 11.5 Å². The molecule has 0 aromatic heterocycles. The Bertz CT molecular complexity index is 1460. The van der Waals surface area contributed by atoms with E-state index < -0.39 is 21.2 Å². The molecule has 0 saturated carbocycles. The summed E-state index contributed by atoms with van der Waals surface area (Å²) in [6.45, 7) is 0. The standard InChI is InChI=1S/C33H31Cl3O2P2Si/c34-41(35,36)25-7-24-40(31-18-12-26(37)13-19-31,32-20-14-27(38)15-21-32)33-22-16-30(17-23-33)39(28-8-3-1-4-9-28)29-10-5-2-6-11-29/h1-6,8-23,37-38,40H,7,24-25H2. The summed E-state index contributed by atoms with van der Waals surface area (Å²) in [5.41, 5.74) is 0. The van der Waals surface area contributed by atoms with E-state index in [2.05, 4.69) is 84.9 Å². The summed E-state index contributed by atoms with van der Waals surface area (Å²) in [5, 5.41) is 27.7. The molecule has 0 aliphatic heterocycles. The molecule has 0 saturated heterocycles. The van der Waals surface area contributed by atoms with Gasteiger partial charge >= 0.3 is 260 Å². The summed E-state index contributed by atoms with van der Waals surface area (Å²) in [6.07, 6.45) is 1.59. The first-order chi connectivity index (χ1) is 19.8. The Balaban J connectivity index is 1.66. The average molecular weight is 656 g/mol. The average Bonchev–Trinajstić information content (AvgIpc) is 2.98. The Kier molecular flexibility index (Phi) is 9.77. The number of hydrogen-bond acceptors (Lipinski definition) is 2. The Labute approximate surface area is 258 Å². The first-order valence-corrected chi connectivity index (χ1v) is 22.2. The molecular weight excluding hydrogens is 625 g/mol. The van der Waals surface area contributed by atoms with Crippen LogP contribution in [0.5, 0.6) is 11.5 Å². The third kappa shape index (κ3) is 7.18. The van der Waals surface area contributed by atoms with Crippen molar-refractivity contribution in [3.63, 3.8) is 0 Å². The van der Waals surface area contributed by atoms with Gasteiger partial charge < -0.3 is 0 Å². The minimum atomic E-state index is -2.82. The second kappa shape index (κ2) is 13.3. The van der Waals surface area contributed by atoms with E-state index in [0.717, 1.165) is 23.2 Å². The van der Waals surface area contributed by atoms with Crippen molar-refractivity contribution in [1.82, 2.24) is 0 Å². The van der Waals surface area contributed by atoms with Crippen molar-refractivity contribution >= 4 is 86.3 Å². The number of rotatable bonds is 10. The van der Waals surface area contributed by atoms with E-state index in [0.29, 0.717) is 6.04 Å². The molecule has 41 heavy (non-hydrogen) atoms. The summed E-state index contributed by atoms with van der Waals surface area (Å²) in [6, 6.07) is 43.3. The van der Waals surface area contributed by atoms with Crippen LogP contribution >= 0.6 is 48.4 Å². The van der Waals surface area contributed by atoms with Crippen LogP contribution in [0, 0.1) is 0 Å². The van der Waals surface area contributed by atoms with Crippen LogP contribution in [0.4, 0.5) is 0 Å². The first kappa shape index (κ1) is 30.1. The quantitative estimate of drug-likeness (QED) is 0.0974. The molecule has 210 valence electrons. The molecule has 0 aliphatic rings. The minimum absolute atomic E-state index is 0.225. The van der Waals surface area contributed by atoms with Crippen LogP contribution in [0.2, 0.25) is 6.04 Å². The molecule has 0 unspecified atom stereocenters. The molecule has 0 radical (unpaired) electrons. The zero-order valence-electron chi connectivity index (χ0n) is 22.3. The van der Waals surface area contributed by atoms with Gasteiger partial charge in [0.2, 0.25) is 0 Å². The predicted molar refractivity (Wildman–Crippen MR) is 186 cm³/mol. The van der Waals surface area contributed by atoms with Crippen LogP contribution in [0.15, 0.2) is 133 Å². The van der Waals surface area contributed by atoms with Crippen LogP contribution in [-0.2, 0) is 0 Å². The monoisotopic (exact) mass is 654 g/mol. The molecule has 0 amide bonds. The first-order valence-electron chi connectivity index (χ1n) is 13.4. The zero-order chi connectivity index (χ0) is 28.9. The molecule has 5 rings (SSSR count). The van der Waals surface area contributed by atoms with E-state index in [1.165, 1.54) is 21.2 Å². The molecule has 5 aromatic rings. The van der Waals surface area contributed by atoms with Crippen LogP contribution in [0.25, 0.3) is 0 Å². The second-order valence-electron chi connectivity index (χ2n) is 10.0. The van der Waals surface area contributed by atoms with Gasteiger partial charge in [-0.2, -0.15) is 0 Å². The molecule has 2 N–H and O–H groups in total. The van der Waals surface area contributed by atoms with Gasteiger partial charge in [0.05, 0.1) is 0 Å². The van der Waals surface area contributed by atoms with Gasteiger partial charge in [-0.3, -0.25) is 0 Å². The fourth-order valence-corrected chi connectivity index (χ4v) is 14.7. The topological polar surface area (TPSA) is 40.5 Å². The molecule has 0 atom stereocenters. The van der Waals surface area contributed by atoms with E-state index in [9.17, 15) is 10.2 Å². The van der Waals surface area contributed by atoms with Crippen molar-refractivity contribution in [2.45, 2.75) is 12.5 Å². The summed E-state index contributed by atoms with van der Waals surface area (Å²) < 4.78 is 0. The van der Waals surface area contributed by atoms with Crippen LogP contribution in [0.3, 0.4) is 0 Å². The Morgan fingerprint density at radius 2 is 0.878 bits per heavy atom. The SMILES string of the molecule is Oc1ccc([PH](CCC[Si](Cl)(Cl)Cl)(c2ccc(O)cc2)c2ccc(P(c3ccccc3)c3ccccc3)cc2)cc1. The number of benzene rings is 5. The molecule has 0 fully saturated rings. The van der Waals surface area contributed by atoms with Crippen molar-refractivity contribution in [3.05, 3.63) is 133 Å². The molecule has 0 heterocycles. The molecular formula is C33H31Cl3O2P2Si. The van der Waals surface area contributed by atoms with Gasteiger partial charge in [0.15, 0.2) is 0 Å². The molecule has 0 aliphatic carbocycles. The number of phenols is 2. The number of phenolic OH excluding ortho intramolecular Hbond substituents is 2. The molecule has 8 heteroatoms. The van der Waals surface area contributed by atoms with E-state index in [1.54, 1.807) is 24.3 Å². The van der Waals surface area contributed by atoms with Crippen molar-refractivity contribution < 1.29 is 10.2 Å². The van der Waals surface area contributed by atoms with Gasteiger partial charge in [-0.25, -0.2) is 0 Å². The number of halogens is 3. The third-order valence-electron chi connectivity index (χ3n) is 7.38. The van der Waals surface area contributed by atoms with Crippen LogP contribution < -0.4 is 31.8 Å². The summed E-state index contributed by atoms with van der Waals surface area (Å²) in [5.74, 6) is 0.450. The number of aromatic hydroxyl groups is 2. The van der Waals surface area contributed by atoms with Gasteiger partial charge in [-0.15, -0.1) is 0 Å². The van der Waals surface area contributed by atoms with Gasteiger partial charge in [0.25, 0.3) is 0 Å². The predicted octanol–water partition coefficient (Wildman–Crippen LogP) is 6.93. The molecule has 2 nitrogen and oxygen atoms in total. The van der Waals surface area contributed by atoms with Gasteiger partial charge in [0, 0.05) is 0 Å². The van der Waals surface area contributed by atoms with Gasteiger partial charge in [-0.1, -0.05) is 0 Å². The number of hydrogen-bond donors (Lipinski definition) is 2. The molecule has 0 bridgehead atoms.